The third-order valence-electron chi connectivity index (χ3n) is 2.30. The lowest BCUT2D eigenvalue weighted by Crippen LogP contribution is -2.00. The van der Waals surface area contributed by atoms with E-state index in [1.807, 2.05) is 25.1 Å². The van der Waals surface area contributed by atoms with Crippen molar-refractivity contribution in [1.82, 2.24) is 9.78 Å². The Morgan fingerprint density at radius 3 is 2.81 bits per heavy atom. The second-order valence-electron chi connectivity index (χ2n) is 3.44. The van der Waals surface area contributed by atoms with Crippen LogP contribution < -0.4 is 0 Å². The van der Waals surface area contributed by atoms with Crippen LogP contribution in [0.25, 0.3) is 5.69 Å². The summed E-state index contributed by atoms with van der Waals surface area (Å²) in [5, 5.41) is 14.2. The van der Waals surface area contributed by atoms with Crippen molar-refractivity contribution in [2.24, 2.45) is 0 Å². The number of rotatable bonds is 2. The van der Waals surface area contributed by atoms with E-state index in [2.05, 4.69) is 21.0 Å². The van der Waals surface area contributed by atoms with E-state index in [-0.39, 0.29) is 6.61 Å². The first kappa shape index (κ1) is 11.6. The van der Waals surface area contributed by atoms with Crippen LogP contribution in [-0.4, -0.2) is 14.9 Å². The smallest absolute Gasteiger partial charge is 0.0819 e. The molecule has 0 aliphatic rings. The van der Waals surface area contributed by atoms with E-state index in [1.165, 1.54) is 0 Å². The Balaban J connectivity index is 2.55. The molecule has 5 heteroatoms. The second kappa shape index (κ2) is 4.57. The van der Waals surface area contributed by atoms with Crippen molar-refractivity contribution in [2.45, 2.75) is 13.5 Å². The molecule has 0 saturated carbocycles. The molecule has 0 saturated heterocycles. The SMILES string of the molecule is Cc1nn(-c2ccc(Br)cc2CO)cc1Cl. The Morgan fingerprint density at radius 2 is 2.25 bits per heavy atom. The average molecular weight is 302 g/mol. The number of nitrogens with zero attached hydrogens (tertiary/aromatic N) is 2. The number of aliphatic hydroxyl groups is 1. The molecule has 0 fully saturated rings. The van der Waals surface area contributed by atoms with Crippen LogP contribution in [0.5, 0.6) is 0 Å². The van der Waals surface area contributed by atoms with Crippen LogP contribution in [0.3, 0.4) is 0 Å². The van der Waals surface area contributed by atoms with E-state index in [9.17, 15) is 5.11 Å². The van der Waals surface area contributed by atoms with Crippen molar-refractivity contribution in [1.29, 1.82) is 0 Å². The van der Waals surface area contributed by atoms with E-state index < -0.39 is 0 Å². The van der Waals surface area contributed by atoms with Gasteiger partial charge in [-0.25, -0.2) is 4.68 Å². The minimum Gasteiger partial charge on any atom is -0.392 e. The molecule has 16 heavy (non-hydrogen) atoms. The fourth-order valence-corrected chi connectivity index (χ4v) is 2.01. The second-order valence-corrected chi connectivity index (χ2v) is 4.76. The number of hydrogen-bond acceptors (Lipinski definition) is 2. The number of halogens is 2. The highest BCUT2D eigenvalue weighted by Gasteiger charge is 2.08. The Morgan fingerprint density at radius 1 is 1.50 bits per heavy atom. The van der Waals surface area contributed by atoms with Crippen LogP contribution in [0.1, 0.15) is 11.3 Å². The Labute approximate surface area is 107 Å². The van der Waals surface area contributed by atoms with Gasteiger partial charge < -0.3 is 5.11 Å². The fourth-order valence-electron chi connectivity index (χ4n) is 1.47. The molecule has 0 amide bonds. The predicted molar refractivity (Wildman–Crippen MR) is 66.9 cm³/mol. The zero-order valence-corrected chi connectivity index (χ0v) is 11.0. The summed E-state index contributed by atoms with van der Waals surface area (Å²) in [4.78, 5) is 0. The number of aliphatic hydroxyl groups excluding tert-OH is 1. The van der Waals surface area contributed by atoms with E-state index in [1.54, 1.807) is 10.9 Å². The van der Waals surface area contributed by atoms with Gasteiger partial charge in [-0.05, 0) is 25.1 Å². The normalized spacial score (nSPS) is 10.8. The molecule has 3 nitrogen and oxygen atoms in total. The van der Waals surface area contributed by atoms with Gasteiger partial charge in [-0.15, -0.1) is 0 Å². The molecule has 0 aliphatic heterocycles. The van der Waals surface area contributed by atoms with Crippen molar-refractivity contribution in [3.63, 3.8) is 0 Å². The van der Waals surface area contributed by atoms with E-state index in [4.69, 9.17) is 11.6 Å². The predicted octanol–water partition coefficient (Wildman–Crippen LogP) is 3.09. The number of benzene rings is 1. The zero-order valence-electron chi connectivity index (χ0n) is 8.61. The van der Waals surface area contributed by atoms with Gasteiger partial charge in [-0.3, -0.25) is 0 Å². The summed E-state index contributed by atoms with van der Waals surface area (Å²) < 4.78 is 2.60. The van der Waals surface area contributed by atoms with Crippen molar-refractivity contribution in [3.05, 3.63) is 45.1 Å². The summed E-state index contributed by atoms with van der Waals surface area (Å²) >= 11 is 9.31. The first-order chi connectivity index (χ1) is 7.61. The molecule has 84 valence electrons. The van der Waals surface area contributed by atoms with Crippen molar-refractivity contribution < 1.29 is 5.11 Å². The van der Waals surface area contributed by atoms with Crippen LogP contribution in [0.2, 0.25) is 5.02 Å². The summed E-state index contributed by atoms with van der Waals surface area (Å²) in [6, 6.07) is 5.65. The molecule has 1 aromatic heterocycles. The molecule has 1 aromatic carbocycles. The summed E-state index contributed by atoms with van der Waals surface area (Å²) in [5.41, 5.74) is 2.41. The number of hydrogen-bond donors (Lipinski definition) is 1. The standard InChI is InChI=1S/C11H10BrClN2O/c1-7-10(13)5-15(14-7)11-3-2-9(12)4-8(11)6-16/h2-5,16H,6H2,1H3. The first-order valence-electron chi connectivity index (χ1n) is 4.73. The van der Waals surface area contributed by atoms with Gasteiger partial charge >= 0.3 is 0 Å². The number of aromatic nitrogens is 2. The third-order valence-corrected chi connectivity index (χ3v) is 3.16. The maximum atomic E-state index is 9.29. The summed E-state index contributed by atoms with van der Waals surface area (Å²) in [5.74, 6) is 0. The van der Waals surface area contributed by atoms with E-state index >= 15 is 0 Å². The van der Waals surface area contributed by atoms with Gasteiger partial charge in [0.25, 0.3) is 0 Å². The number of aryl methyl sites for hydroxylation is 1. The van der Waals surface area contributed by atoms with Crippen LogP contribution in [0.4, 0.5) is 0 Å². The highest BCUT2D eigenvalue weighted by atomic mass is 79.9. The van der Waals surface area contributed by atoms with Gasteiger partial charge in [0.05, 0.1) is 23.0 Å². The average Bonchev–Trinajstić information content (AvgIpc) is 2.59. The zero-order chi connectivity index (χ0) is 11.7. The molecule has 0 radical (unpaired) electrons. The maximum Gasteiger partial charge on any atom is 0.0819 e. The minimum atomic E-state index is -0.0364. The first-order valence-corrected chi connectivity index (χ1v) is 5.90. The third kappa shape index (κ3) is 2.14. The summed E-state index contributed by atoms with van der Waals surface area (Å²) in [6.45, 7) is 1.81. The Hall–Kier alpha value is -0.840. The molecular weight excluding hydrogens is 291 g/mol. The van der Waals surface area contributed by atoms with Gasteiger partial charge in [0.1, 0.15) is 0 Å². The molecule has 2 aromatic rings. The maximum absolute atomic E-state index is 9.29. The van der Waals surface area contributed by atoms with Crippen molar-refractivity contribution in [2.75, 3.05) is 0 Å². The quantitative estimate of drug-likeness (QED) is 0.925. The molecule has 0 aliphatic carbocycles. The highest BCUT2D eigenvalue weighted by molar-refractivity contribution is 9.10. The van der Waals surface area contributed by atoms with Gasteiger partial charge in [0.15, 0.2) is 0 Å². The van der Waals surface area contributed by atoms with Crippen molar-refractivity contribution in [3.8, 4) is 5.69 Å². The van der Waals surface area contributed by atoms with Crippen LogP contribution in [-0.2, 0) is 6.61 Å². The Kier molecular flexibility index (Phi) is 3.33. The molecule has 1 heterocycles. The topological polar surface area (TPSA) is 38.0 Å². The van der Waals surface area contributed by atoms with Gasteiger partial charge in [0, 0.05) is 16.2 Å². The molecule has 1 N–H and O–H groups in total. The van der Waals surface area contributed by atoms with Crippen LogP contribution in [0, 0.1) is 6.92 Å². The molecule has 0 bridgehead atoms. The van der Waals surface area contributed by atoms with Gasteiger partial charge in [0.2, 0.25) is 0 Å². The lowest BCUT2D eigenvalue weighted by molar-refractivity contribution is 0.281. The molecule has 0 unspecified atom stereocenters. The van der Waals surface area contributed by atoms with Gasteiger partial charge in [-0.1, -0.05) is 27.5 Å². The largest absolute Gasteiger partial charge is 0.392 e. The molecule has 2 rings (SSSR count). The van der Waals surface area contributed by atoms with E-state index in [0.717, 1.165) is 21.4 Å². The van der Waals surface area contributed by atoms with Crippen molar-refractivity contribution >= 4 is 27.5 Å². The van der Waals surface area contributed by atoms with Gasteiger partial charge in [-0.2, -0.15) is 5.10 Å². The minimum absolute atomic E-state index is 0.0364. The summed E-state index contributed by atoms with van der Waals surface area (Å²) in [7, 11) is 0. The molecule has 0 atom stereocenters. The van der Waals surface area contributed by atoms with Crippen LogP contribution >= 0.6 is 27.5 Å². The fraction of sp³-hybridized carbons (Fsp3) is 0.182. The highest BCUT2D eigenvalue weighted by Crippen LogP contribution is 2.22. The monoisotopic (exact) mass is 300 g/mol. The summed E-state index contributed by atoms with van der Waals surface area (Å²) in [6.07, 6.45) is 1.74. The molecular formula is C11H10BrClN2O. The Bertz CT molecular complexity index is 505. The lowest BCUT2D eigenvalue weighted by atomic mass is 10.2. The lowest BCUT2D eigenvalue weighted by Gasteiger charge is -2.07. The molecule has 0 spiro atoms. The van der Waals surface area contributed by atoms with E-state index in [0.29, 0.717) is 5.02 Å². The van der Waals surface area contributed by atoms with Crippen LogP contribution in [0.15, 0.2) is 28.9 Å².